The van der Waals surface area contributed by atoms with E-state index in [0.717, 1.165) is 6.20 Å². The van der Waals surface area contributed by atoms with E-state index in [9.17, 15) is 28.6 Å². The van der Waals surface area contributed by atoms with Crippen LogP contribution in [-0.4, -0.2) is 50.0 Å². The summed E-state index contributed by atoms with van der Waals surface area (Å²) in [4.78, 5) is 29.4. The van der Waals surface area contributed by atoms with Crippen LogP contribution in [0.2, 0.25) is 5.15 Å². The Morgan fingerprint density at radius 3 is 1.79 bits per heavy atom. The first-order chi connectivity index (χ1) is 18.8. The largest absolute Gasteiger partial charge is 0.397 e. The molecular formula is C23H38ClN9O7S3. The Morgan fingerprint density at radius 2 is 1.44 bits per heavy atom. The maximum absolute atomic E-state index is 10.8. The molecule has 3 heterocycles. The minimum Gasteiger partial charge on any atom is -0.397 e. The van der Waals surface area contributed by atoms with Crippen molar-refractivity contribution in [2.24, 2.45) is 16.6 Å². The number of H-pyrrole nitrogens is 1. The number of aliphatic hydroxyl groups is 1. The van der Waals surface area contributed by atoms with E-state index in [2.05, 4.69) is 38.6 Å². The molecule has 3 aromatic rings. The molecule has 0 saturated carbocycles. The van der Waals surface area contributed by atoms with E-state index in [4.69, 9.17) is 39.8 Å². The van der Waals surface area contributed by atoms with E-state index in [-0.39, 0.29) is 48.1 Å². The molecule has 0 amide bonds. The van der Waals surface area contributed by atoms with Crippen LogP contribution in [0.4, 0.5) is 17.1 Å². The number of aryl methyl sites for hydroxylation is 3. The van der Waals surface area contributed by atoms with Crippen molar-refractivity contribution in [3.05, 3.63) is 83.5 Å². The number of rotatable bonds is 3. The number of anilines is 1. The fourth-order valence-corrected chi connectivity index (χ4v) is 3.15. The highest BCUT2D eigenvalue weighted by Crippen LogP contribution is 2.18. The molecule has 43 heavy (non-hydrogen) atoms. The lowest BCUT2D eigenvalue weighted by Crippen LogP contribution is -2.18. The number of nitrogens with two attached hydrogens (primary N) is 4. The lowest BCUT2D eigenvalue weighted by atomic mass is 10.3. The molecule has 0 aliphatic carbocycles. The molecule has 0 bridgehead atoms. The number of primary sulfonamides is 1. The van der Waals surface area contributed by atoms with Gasteiger partial charge >= 0.3 is 0 Å². The van der Waals surface area contributed by atoms with Crippen molar-refractivity contribution >= 4 is 68.2 Å². The maximum atomic E-state index is 10.8. The molecule has 0 aromatic carbocycles. The molecule has 3 rings (SSSR count). The molecule has 16 nitrogen and oxygen atoms in total. The molecule has 0 atom stereocenters. The van der Waals surface area contributed by atoms with Gasteiger partial charge in [-0.15, -0.1) is 0 Å². The second kappa shape index (κ2) is 22.7. The second-order valence-corrected chi connectivity index (χ2v) is 10.1. The number of hydrogen-bond donors (Lipinski definition) is 6. The van der Waals surface area contributed by atoms with Crippen LogP contribution in [0, 0.1) is 45.6 Å². The lowest BCUT2D eigenvalue weighted by molar-refractivity contribution is -0.385. The third kappa shape index (κ3) is 20.6. The van der Waals surface area contributed by atoms with E-state index in [1.54, 1.807) is 33.8 Å². The zero-order valence-electron chi connectivity index (χ0n) is 22.3. The summed E-state index contributed by atoms with van der Waals surface area (Å²) in [6.07, 6.45) is 3.73. The van der Waals surface area contributed by atoms with E-state index in [0.29, 0.717) is 27.0 Å². The zero-order valence-corrected chi connectivity index (χ0v) is 25.5. The molecule has 3 aromatic heterocycles. The van der Waals surface area contributed by atoms with Crippen LogP contribution in [0.3, 0.4) is 0 Å². The summed E-state index contributed by atoms with van der Waals surface area (Å²) in [7, 11) is -3.71. The minimum absolute atomic E-state index is 0. The van der Waals surface area contributed by atoms with Gasteiger partial charge in [-0.05, 0) is 63.7 Å². The highest BCUT2D eigenvalue weighted by molar-refractivity contribution is 7.89. The molecule has 0 saturated heterocycles. The number of aliphatic hydroxyl groups excluding tert-OH is 1. The van der Waals surface area contributed by atoms with Gasteiger partial charge in [0.25, 0.3) is 21.4 Å². The summed E-state index contributed by atoms with van der Waals surface area (Å²) >= 11 is 14.3. The van der Waals surface area contributed by atoms with E-state index >= 15 is 0 Å². The molecule has 242 valence electrons. The number of halogens is 1. The monoisotopic (exact) mass is 683 g/mol. The topological polar surface area (TPSA) is 286 Å². The van der Waals surface area contributed by atoms with Gasteiger partial charge < -0.3 is 27.3 Å². The molecule has 0 unspecified atom stereocenters. The zero-order chi connectivity index (χ0) is 32.5. The highest BCUT2D eigenvalue weighted by Gasteiger charge is 2.11. The average molecular weight is 684 g/mol. The summed E-state index contributed by atoms with van der Waals surface area (Å²) in [6, 6.07) is 4.36. The first-order valence-electron chi connectivity index (χ1n) is 10.8. The quantitative estimate of drug-likeness (QED) is 0.0984. The summed E-state index contributed by atoms with van der Waals surface area (Å²) in [5.41, 5.74) is 16.9. The van der Waals surface area contributed by atoms with Gasteiger partial charge in [0, 0.05) is 17.7 Å². The first-order valence-corrected chi connectivity index (χ1v) is 13.5. The number of hydrogen-bond acceptors (Lipinski definition) is 12. The summed E-state index contributed by atoms with van der Waals surface area (Å²) in [5.74, 6) is 0. The Balaban J connectivity index is -0.000000234. The first kappa shape index (κ1) is 46.1. The number of nitrogens with one attached hydrogen (secondary N) is 1. The van der Waals surface area contributed by atoms with Crippen LogP contribution >= 0.6 is 36.0 Å². The number of sulfonamides is 1. The van der Waals surface area contributed by atoms with Crippen molar-refractivity contribution in [2.75, 3.05) is 12.3 Å². The van der Waals surface area contributed by atoms with E-state index in [1.165, 1.54) is 24.5 Å². The summed E-state index contributed by atoms with van der Waals surface area (Å²) in [6.45, 7) is 6.89. The number of nitrogens with zero attached hydrogens (tertiary/aromatic N) is 4. The van der Waals surface area contributed by atoms with E-state index in [1.807, 2.05) is 0 Å². The van der Waals surface area contributed by atoms with Crippen molar-refractivity contribution in [3.8, 4) is 0 Å². The number of aromatic nitrogens is 3. The van der Waals surface area contributed by atoms with Gasteiger partial charge in [0.15, 0.2) is 10.1 Å². The van der Waals surface area contributed by atoms with Gasteiger partial charge in [-0.3, -0.25) is 20.2 Å². The molecule has 0 aliphatic rings. The van der Waals surface area contributed by atoms with Gasteiger partial charge in [0.05, 0.1) is 27.9 Å². The molecular weight excluding hydrogens is 646 g/mol. The van der Waals surface area contributed by atoms with Crippen LogP contribution in [-0.2, 0) is 10.0 Å². The molecule has 0 fully saturated rings. The van der Waals surface area contributed by atoms with Gasteiger partial charge in [0.1, 0.15) is 16.0 Å². The number of nitrogen functional groups attached to an aromatic ring is 1. The highest BCUT2D eigenvalue weighted by atomic mass is 35.5. The third-order valence-electron chi connectivity index (χ3n) is 3.96. The lowest BCUT2D eigenvalue weighted by Gasteiger charge is -2.00. The SMILES string of the molecule is C.C.CCO.Cc1cc(=S)[nH]cc1[N+](=O)[O-].Cc1cc(Cl)ncc1[N+](=O)[O-].Cc1cc(S(N)(=O)=O)ncc1N.NC(N)=S. The fraction of sp³-hybridized carbons (Fsp3) is 0.304. The summed E-state index contributed by atoms with van der Waals surface area (Å²) in [5, 5.41) is 33.1. The van der Waals surface area contributed by atoms with Gasteiger partial charge in [0.2, 0.25) is 0 Å². The van der Waals surface area contributed by atoms with Crippen molar-refractivity contribution in [1.82, 2.24) is 15.0 Å². The predicted octanol–water partition coefficient (Wildman–Crippen LogP) is 3.99. The van der Waals surface area contributed by atoms with Crippen LogP contribution in [0.5, 0.6) is 0 Å². The number of thiocarbonyl (C=S) groups is 1. The molecule has 20 heteroatoms. The molecule has 0 aliphatic heterocycles. The Labute approximate surface area is 265 Å². The second-order valence-electron chi connectivity index (χ2n) is 7.32. The Morgan fingerprint density at radius 1 is 1.00 bits per heavy atom. The molecule has 0 radical (unpaired) electrons. The minimum atomic E-state index is -3.71. The van der Waals surface area contributed by atoms with Crippen molar-refractivity contribution in [3.63, 3.8) is 0 Å². The standard InChI is InChI=1S/C6H5ClN2O2.C6H9N3O2S.C6H6N2O2S.C2H6O.CH4N2S.2CH4/c1-4-2-6(7)8-3-5(4)9(10)11;1-4-2-6(12(8,10)11)9-3-5(4)7;1-4-2-6(11)7-3-5(4)8(9)10;1-2-3;2-1(3)4;;/h2-3H,1H3;2-3H,7H2,1H3,(H2,8,10,11);2-3H,1H3,(H,7,11);3H,2H2,1H3;(H4,2,3,4);2*1H4. The fourth-order valence-electron chi connectivity index (χ4n) is 2.16. The normalized spacial score (nSPS) is 9.09. The van der Waals surface area contributed by atoms with Crippen LogP contribution < -0.4 is 22.3 Å². The number of nitro groups is 2. The van der Waals surface area contributed by atoms with Crippen molar-refractivity contribution in [2.45, 2.75) is 47.6 Å². The number of aromatic amines is 1. The molecule has 10 N–H and O–H groups in total. The van der Waals surface area contributed by atoms with Gasteiger partial charge in [-0.25, -0.2) is 23.5 Å². The van der Waals surface area contributed by atoms with E-state index < -0.39 is 19.9 Å². The Kier molecular flexibility index (Phi) is 24.3. The van der Waals surface area contributed by atoms with Gasteiger partial charge in [-0.1, -0.05) is 38.7 Å². The number of pyridine rings is 3. The smallest absolute Gasteiger partial charge is 0.290 e. The maximum Gasteiger partial charge on any atom is 0.290 e. The van der Waals surface area contributed by atoms with Crippen molar-refractivity contribution in [1.29, 1.82) is 0 Å². The predicted molar refractivity (Wildman–Crippen MR) is 176 cm³/mol. The van der Waals surface area contributed by atoms with Crippen LogP contribution in [0.25, 0.3) is 0 Å². The average Bonchev–Trinajstić information content (AvgIpc) is 2.80. The third-order valence-corrected chi connectivity index (χ3v) is 5.21. The van der Waals surface area contributed by atoms with Crippen LogP contribution in [0.1, 0.15) is 38.5 Å². The summed E-state index contributed by atoms with van der Waals surface area (Å²) < 4.78 is 22.0. The van der Waals surface area contributed by atoms with Crippen molar-refractivity contribution < 1.29 is 23.4 Å². The Hall–Kier alpha value is -3.88. The van der Waals surface area contributed by atoms with Crippen LogP contribution in [0.15, 0.2) is 41.8 Å². The van der Waals surface area contributed by atoms with Gasteiger partial charge in [-0.2, -0.15) is 0 Å². The Bertz CT molecular complexity index is 1500. The molecule has 0 spiro atoms.